The quantitative estimate of drug-likeness (QED) is 0.198. The first kappa shape index (κ1) is 25.8. The maximum Gasteiger partial charge on any atom is 0.159 e. The number of likely N-dealkylation sites (tertiary alicyclic amines) is 1. The predicted octanol–water partition coefficient (Wildman–Crippen LogP) is 7.09. The third kappa shape index (κ3) is 5.22. The molecule has 202 valence electrons. The van der Waals surface area contributed by atoms with E-state index >= 15 is 0 Å². The Kier molecular flexibility index (Phi) is 7.33. The number of benzene rings is 1. The number of aromatic amines is 2. The van der Waals surface area contributed by atoms with Crippen molar-refractivity contribution >= 4 is 27.5 Å². The molecule has 0 amide bonds. The number of hydrogen-bond acceptors (Lipinski definition) is 5. The van der Waals surface area contributed by atoms with Gasteiger partial charge in [0, 0.05) is 17.1 Å². The molecule has 0 saturated carbocycles. The van der Waals surface area contributed by atoms with Crippen LogP contribution in [0.15, 0.2) is 79.3 Å². The van der Waals surface area contributed by atoms with Gasteiger partial charge in [0.15, 0.2) is 5.82 Å². The van der Waals surface area contributed by atoms with Gasteiger partial charge in [0.25, 0.3) is 0 Å². The van der Waals surface area contributed by atoms with Crippen molar-refractivity contribution in [1.82, 2.24) is 35.0 Å². The van der Waals surface area contributed by atoms with E-state index in [9.17, 15) is 4.39 Å². The molecule has 1 aliphatic rings. The second-order valence-corrected chi connectivity index (χ2v) is 10.2. The topological polar surface area (TPSA) is 86.4 Å². The number of allylic oxidation sites excluding steroid dienone is 5. The molecule has 8 heteroatoms. The highest BCUT2D eigenvalue weighted by atomic mass is 19.1. The minimum atomic E-state index is -0.302. The van der Waals surface area contributed by atoms with Crippen LogP contribution in [0.2, 0.25) is 0 Å². The van der Waals surface area contributed by atoms with Gasteiger partial charge in [-0.15, -0.1) is 0 Å². The number of halogens is 1. The molecule has 2 N–H and O–H groups in total. The number of H-pyrrole nitrogens is 2. The van der Waals surface area contributed by atoms with Gasteiger partial charge in [0.05, 0.1) is 34.6 Å². The molecular formula is C32H32FN7. The Balaban J connectivity index is 1.31. The van der Waals surface area contributed by atoms with Crippen LogP contribution in [0.5, 0.6) is 0 Å². The smallest absolute Gasteiger partial charge is 0.159 e. The first-order valence-electron chi connectivity index (χ1n) is 13.8. The van der Waals surface area contributed by atoms with Crippen molar-refractivity contribution < 1.29 is 4.39 Å². The average Bonchev–Trinajstić information content (AvgIpc) is 3.74. The summed E-state index contributed by atoms with van der Waals surface area (Å²) in [4.78, 5) is 19.8. The number of fused-ring (bicyclic) bond motifs is 2. The summed E-state index contributed by atoms with van der Waals surface area (Å²) >= 11 is 0. The fourth-order valence-corrected chi connectivity index (χ4v) is 5.42. The fourth-order valence-electron chi connectivity index (χ4n) is 5.42. The Labute approximate surface area is 232 Å². The van der Waals surface area contributed by atoms with Gasteiger partial charge in [0.1, 0.15) is 11.5 Å². The summed E-state index contributed by atoms with van der Waals surface area (Å²) in [5.41, 5.74) is 7.54. The summed E-state index contributed by atoms with van der Waals surface area (Å²) in [6.07, 6.45) is 16.2. The third-order valence-electron chi connectivity index (χ3n) is 7.55. The van der Waals surface area contributed by atoms with E-state index in [2.05, 4.69) is 43.8 Å². The van der Waals surface area contributed by atoms with E-state index in [1.165, 1.54) is 43.6 Å². The zero-order chi connectivity index (χ0) is 27.5. The molecule has 1 fully saturated rings. The molecule has 7 nitrogen and oxygen atoms in total. The van der Waals surface area contributed by atoms with Crippen molar-refractivity contribution in [3.05, 3.63) is 90.8 Å². The Morgan fingerprint density at radius 3 is 2.80 bits per heavy atom. The highest BCUT2D eigenvalue weighted by Gasteiger charge is 2.17. The van der Waals surface area contributed by atoms with Gasteiger partial charge in [-0.3, -0.25) is 15.1 Å². The van der Waals surface area contributed by atoms with Crippen molar-refractivity contribution in [2.24, 2.45) is 0 Å². The third-order valence-corrected chi connectivity index (χ3v) is 7.55. The van der Waals surface area contributed by atoms with E-state index in [1.54, 1.807) is 18.5 Å². The second-order valence-electron chi connectivity index (χ2n) is 10.2. The molecule has 40 heavy (non-hydrogen) atoms. The maximum atomic E-state index is 13.9. The summed E-state index contributed by atoms with van der Waals surface area (Å²) < 4.78 is 13.9. The van der Waals surface area contributed by atoms with Crippen LogP contribution in [-0.2, 0) is 0 Å². The van der Waals surface area contributed by atoms with Crippen LogP contribution in [0.1, 0.15) is 38.3 Å². The predicted molar refractivity (Wildman–Crippen MR) is 159 cm³/mol. The van der Waals surface area contributed by atoms with Gasteiger partial charge in [-0.2, -0.15) is 5.10 Å². The number of aromatic nitrogens is 6. The van der Waals surface area contributed by atoms with Crippen molar-refractivity contribution in [2.45, 2.75) is 32.6 Å². The normalized spacial score (nSPS) is 14.9. The summed E-state index contributed by atoms with van der Waals surface area (Å²) in [5, 5.41) is 8.55. The molecular weight excluding hydrogens is 501 g/mol. The zero-order valence-corrected chi connectivity index (χ0v) is 22.6. The summed E-state index contributed by atoms with van der Waals surface area (Å²) in [6, 6.07) is 8.50. The Bertz CT molecular complexity index is 1740. The molecule has 0 atom stereocenters. The van der Waals surface area contributed by atoms with E-state index in [1.807, 2.05) is 31.3 Å². The molecule has 0 spiro atoms. The fraction of sp³-hybridized carbons (Fsp3) is 0.250. The molecule has 1 aliphatic heterocycles. The number of nitrogens with zero attached hydrogens (tertiary/aromatic N) is 5. The number of hydrogen-bond donors (Lipinski definition) is 2. The average molecular weight is 534 g/mol. The van der Waals surface area contributed by atoms with E-state index < -0.39 is 0 Å². The van der Waals surface area contributed by atoms with Gasteiger partial charge in [-0.1, -0.05) is 30.9 Å². The first-order valence-corrected chi connectivity index (χ1v) is 13.8. The Morgan fingerprint density at radius 2 is 2.00 bits per heavy atom. The van der Waals surface area contributed by atoms with Crippen molar-refractivity contribution in [2.75, 3.05) is 19.6 Å². The lowest BCUT2D eigenvalue weighted by Crippen LogP contribution is -2.20. The van der Waals surface area contributed by atoms with Crippen LogP contribution >= 0.6 is 0 Å². The highest BCUT2D eigenvalue weighted by Crippen LogP contribution is 2.32. The summed E-state index contributed by atoms with van der Waals surface area (Å²) in [6.45, 7) is 9.66. The minimum Gasteiger partial charge on any atom is -0.335 e. The van der Waals surface area contributed by atoms with Crippen LogP contribution in [0.25, 0.3) is 50.2 Å². The van der Waals surface area contributed by atoms with E-state index in [-0.39, 0.29) is 5.82 Å². The lowest BCUT2D eigenvalue weighted by molar-refractivity contribution is 0.334. The van der Waals surface area contributed by atoms with Crippen LogP contribution in [-0.4, -0.2) is 54.7 Å². The van der Waals surface area contributed by atoms with E-state index in [0.717, 1.165) is 58.2 Å². The minimum absolute atomic E-state index is 0.302. The maximum absolute atomic E-state index is 13.9. The SMILES string of the molecule is C=C/C(=C\C(=C/C)c1cc2c(-c3nc4c(-c5cccc(F)c5)cncc4[nH]3)n[nH]c2cn1)CCCN1CCCC1. The molecule has 6 rings (SSSR count). The van der Waals surface area contributed by atoms with Crippen LogP contribution in [0, 0.1) is 5.82 Å². The van der Waals surface area contributed by atoms with Gasteiger partial charge in [-0.25, -0.2) is 9.37 Å². The molecule has 0 unspecified atom stereocenters. The zero-order valence-electron chi connectivity index (χ0n) is 22.6. The monoisotopic (exact) mass is 533 g/mol. The van der Waals surface area contributed by atoms with Crippen molar-refractivity contribution in [1.29, 1.82) is 0 Å². The molecule has 0 bridgehead atoms. The van der Waals surface area contributed by atoms with Gasteiger partial charge in [-0.05, 0) is 93.2 Å². The molecule has 5 heterocycles. The first-order chi connectivity index (χ1) is 19.6. The number of pyridine rings is 2. The summed E-state index contributed by atoms with van der Waals surface area (Å²) in [5.74, 6) is 0.305. The highest BCUT2D eigenvalue weighted by molar-refractivity contribution is 5.97. The Morgan fingerprint density at radius 1 is 1.12 bits per heavy atom. The molecule has 0 radical (unpaired) electrons. The number of imidazole rings is 1. The van der Waals surface area contributed by atoms with E-state index in [4.69, 9.17) is 9.97 Å². The largest absolute Gasteiger partial charge is 0.335 e. The Hall–Kier alpha value is -4.43. The lowest BCUT2D eigenvalue weighted by Gasteiger charge is -2.14. The number of rotatable bonds is 9. The number of nitrogens with one attached hydrogen (secondary N) is 2. The van der Waals surface area contributed by atoms with Crippen molar-refractivity contribution in [3.63, 3.8) is 0 Å². The molecule has 4 aromatic heterocycles. The van der Waals surface area contributed by atoms with Crippen LogP contribution in [0.4, 0.5) is 4.39 Å². The standard InChI is InChI=1S/C32H32FN7/c1-3-21(9-8-14-40-12-5-6-13-40)15-22(4-2)27-17-25-28(20-35-27)38-39-31(25)32-36-29-19-34-18-26(30(29)37-32)23-10-7-11-24(33)16-23/h3-4,7,10-11,15-20H,1,5-6,8-9,12-14H2,2H3,(H,36,37)(H,38,39)/b21-15+,22-4+. The molecule has 0 aliphatic carbocycles. The molecule has 1 saturated heterocycles. The van der Waals surface area contributed by atoms with Gasteiger partial charge >= 0.3 is 0 Å². The van der Waals surface area contributed by atoms with E-state index in [0.29, 0.717) is 17.0 Å². The molecule has 5 aromatic rings. The van der Waals surface area contributed by atoms with Crippen molar-refractivity contribution in [3.8, 4) is 22.6 Å². The lowest BCUT2D eigenvalue weighted by atomic mass is 10.0. The second kappa shape index (κ2) is 11.4. The summed E-state index contributed by atoms with van der Waals surface area (Å²) in [7, 11) is 0. The van der Waals surface area contributed by atoms with Gasteiger partial charge in [0.2, 0.25) is 0 Å². The molecule has 1 aromatic carbocycles. The van der Waals surface area contributed by atoms with Gasteiger partial charge < -0.3 is 9.88 Å². The van der Waals surface area contributed by atoms with Crippen LogP contribution in [0.3, 0.4) is 0 Å². The van der Waals surface area contributed by atoms with Crippen LogP contribution < -0.4 is 0 Å².